The van der Waals surface area contributed by atoms with E-state index in [1.807, 2.05) is 6.92 Å². The van der Waals surface area contributed by atoms with Gasteiger partial charge in [-0.05, 0) is 17.5 Å². The van der Waals surface area contributed by atoms with E-state index in [4.69, 9.17) is 18.0 Å². The molecule has 0 saturated heterocycles. The van der Waals surface area contributed by atoms with Gasteiger partial charge >= 0.3 is 0 Å². The van der Waals surface area contributed by atoms with Crippen LogP contribution in [0.15, 0.2) is 24.3 Å². The zero-order valence-electron chi connectivity index (χ0n) is 12.2. The topological polar surface area (TPSA) is 63.4 Å². The first-order valence-electron chi connectivity index (χ1n) is 6.59. The molecule has 0 amide bonds. The molecule has 2 N–H and O–H groups in total. The Balaban J connectivity index is 2.85. The number of rotatable bonds is 7. The molecule has 1 atom stereocenters. The van der Waals surface area contributed by atoms with Gasteiger partial charge in [-0.25, -0.2) is 12.7 Å². The summed E-state index contributed by atoms with van der Waals surface area (Å²) in [6.45, 7) is 4.63. The van der Waals surface area contributed by atoms with E-state index in [0.717, 1.165) is 6.42 Å². The normalized spacial score (nSPS) is 13.4. The highest BCUT2D eigenvalue weighted by molar-refractivity contribution is 7.88. The number of sulfonamides is 1. The van der Waals surface area contributed by atoms with E-state index >= 15 is 0 Å². The van der Waals surface area contributed by atoms with Crippen LogP contribution in [-0.2, 0) is 15.8 Å². The minimum absolute atomic E-state index is 0.0314. The molecule has 6 heteroatoms. The van der Waals surface area contributed by atoms with E-state index in [0.29, 0.717) is 23.6 Å². The zero-order chi connectivity index (χ0) is 15.3. The second-order valence-electron chi connectivity index (χ2n) is 5.11. The van der Waals surface area contributed by atoms with Gasteiger partial charge in [0.25, 0.3) is 0 Å². The highest BCUT2D eigenvalue weighted by Crippen LogP contribution is 2.14. The smallest absolute Gasteiger partial charge is 0.218 e. The zero-order valence-corrected chi connectivity index (χ0v) is 13.8. The van der Waals surface area contributed by atoms with Crippen molar-refractivity contribution in [3.8, 4) is 0 Å². The lowest BCUT2D eigenvalue weighted by Crippen LogP contribution is -2.32. The maximum Gasteiger partial charge on any atom is 0.218 e. The summed E-state index contributed by atoms with van der Waals surface area (Å²) in [6, 6.07) is 7.06. The molecule has 1 aromatic carbocycles. The molecule has 0 aliphatic carbocycles. The first-order chi connectivity index (χ1) is 9.26. The quantitative estimate of drug-likeness (QED) is 0.783. The van der Waals surface area contributed by atoms with Gasteiger partial charge in [0.05, 0.1) is 5.75 Å². The first-order valence-corrected chi connectivity index (χ1v) is 8.60. The molecule has 1 aromatic rings. The maximum absolute atomic E-state index is 12.3. The Hall–Kier alpha value is -0.980. The summed E-state index contributed by atoms with van der Waals surface area (Å²) in [7, 11) is -1.69. The Morgan fingerprint density at radius 3 is 2.65 bits per heavy atom. The standard InChI is InChI=1S/C14H22N2O2S2/c1-4-11(2)9-16(3)20(17,18)10-12-6-5-7-13(8-12)14(15)19/h5-8,11H,4,9-10H2,1-3H3,(H2,15,19). The van der Waals surface area contributed by atoms with Gasteiger partial charge in [-0.1, -0.05) is 50.7 Å². The molecule has 0 bridgehead atoms. The number of hydrogen-bond acceptors (Lipinski definition) is 3. The van der Waals surface area contributed by atoms with Crippen LogP contribution in [-0.4, -0.2) is 31.3 Å². The molecule has 0 aromatic heterocycles. The molecule has 0 aliphatic heterocycles. The molecule has 112 valence electrons. The van der Waals surface area contributed by atoms with Crippen LogP contribution in [0.25, 0.3) is 0 Å². The summed E-state index contributed by atoms with van der Waals surface area (Å²) in [5.74, 6) is 0.314. The van der Waals surface area contributed by atoms with Crippen molar-refractivity contribution in [1.82, 2.24) is 4.31 Å². The minimum atomic E-state index is -3.31. The second-order valence-corrected chi connectivity index (χ2v) is 7.63. The van der Waals surface area contributed by atoms with E-state index in [2.05, 4.69) is 6.92 Å². The Bertz CT molecular complexity index is 570. The number of hydrogen-bond donors (Lipinski definition) is 1. The van der Waals surface area contributed by atoms with Crippen molar-refractivity contribution in [3.05, 3.63) is 35.4 Å². The first kappa shape index (κ1) is 17.1. The van der Waals surface area contributed by atoms with E-state index in [1.54, 1.807) is 31.3 Å². The number of thiocarbonyl (C=S) groups is 1. The Morgan fingerprint density at radius 2 is 2.10 bits per heavy atom. The molecule has 0 fully saturated rings. The van der Waals surface area contributed by atoms with Gasteiger partial charge in [-0.15, -0.1) is 0 Å². The summed E-state index contributed by atoms with van der Waals surface area (Å²) in [5, 5.41) is 0. The molecule has 0 spiro atoms. The average molecular weight is 314 g/mol. The highest BCUT2D eigenvalue weighted by Gasteiger charge is 2.20. The lowest BCUT2D eigenvalue weighted by molar-refractivity contribution is 0.393. The molecule has 0 heterocycles. The Labute approximate surface area is 127 Å². The van der Waals surface area contributed by atoms with Gasteiger partial charge < -0.3 is 5.73 Å². The van der Waals surface area contributed by atoms with Gasteiger partial charge in [0.1, 0.15) is 4.99 Å². The second kappa shape index (κ2) is 7.15. The van der Waals surface area contributed by atoms with Crippen LogP contribution in [0, 0.1) is 5.92 Å². The molecule has 0 saturated carbocycles. The van der Waals surface area contributed by atoms with E-state index in [1.165, 1.54) is 4.31 Å². The number of benzene rings is 1. The van der Waals surface area contributed by atoms with Gasteiger partial charge in [0.2, 0.25) is 10.0 Å². The third kappa shape index (κ3) is 4.85. The van der Waals surface area contributed by atoms with Crippen molar-refractivity contribution < 1.29 is 8.42 Å². The van der Waals surface area contributed by atoms with Crippen molar-refractivity contribution in [2.75, 3.05) is 13.6 Å². The average Bonchev–Trinajstić information content (AvgIpc) is 2.38. The van der Waals surface area contributed by atoms with Crippen LogP contribution in [0.3, 0.4) is 0 Å². The molecule has 20 heavy (non-hydrogen) atoms. The SMILES string of the molecule is CCC(C)CN(C)S(=O)(=O)Cc1cccc(C(N)=S)c1. The van der Waals surface area contributed by atoms with Crippen molar-refractivity contribution in [3.63, 3.8) is 0 Å². The third-order valence-electron chi connectivity index (χ3n) is 3.30. The fourth-order valence-corrected chi connectivity index (χ4v) is 3.25. The minimum Gasteiger partial charge on any atom is -0.389 e. The van der Waals surface area contributed by atoms with Crippen molar-refractivity contribution >= 4 is 27.2 Å². The van der Waals surface area contributed by atoms with Crippen LogP contribution < -0.4 is 5.73 Å². The predicted molar refractivity (Wildman–Crippen MR) is 87.0 cm³/mol. The molecule has 0 radical (unpaired) electrons. The third-order valence-corrected chi connectivity index (χ3v) is 5.33. The molecule has 0 aliphatic rings. The van der Waals surface area contributed by atoms with Gasteiger partial charge in [0, 0.05) is 19.2 Å². The lowest BCUT2D eigenvalue weighted by atomic mass is 10.1. The molecule has 4 nitrogen and oxygen atoms in total. The fourth-order valence-electron chi connectivity index (χ4n) is 1.82. The molecule has 1 unspecified atom stereocenters. The number of nitrogens with zero attached hydrogens (tertiary/aromatic N) is 1. The number of nitrogens with two attached hydrogens (primary N) is 1. The van der Waals surface area contributed by atoms with Crippen LogP contribution in [0.1, 0.15) is 31.4 Å². The summed E-state index contributed by atoms with van der Waals surface area (Å²) >= 11 is 4.91. The monoisotopic (exact) mass is 314 g/mol. The molecular formula is C14H22N2O2S2. The van der Waals surface area contributed by atoms with Crippen molar-refractivity contribution in [2.24, 2.45) is 11.7 Å². The van der Waals surface area contributed by atoms with Crippen LogP contribution in [0.2, 0.25) is 0 Å². The van der Waals surface area contributed by atoms with Crippen molar-refractivity contribution in [2.45, 2.75) is 26.0 Å². The van der Waals surface area contributed by atoms with Gasteiger partial charge in [-0.2, -0.15) is 0 Å². The fraction of sp³-hybridized carbons (Fsp3) is 0.500. The van der Waals surface area contributed by atoms with E-state index in [-0.39, 0.29) is 10.7 Å². The van der Waals surface area contributed by atoms with E-state index in [9.17, 15) is 8.42 Å². The van der Waals surface area contributed by atoms with Gasteiger partial charge in [-0.3, -0.25) is 0 Å². The lowest BCUT2D eigenvalue weighted by Gasteiger charge is -2.20. The maximum atomic E-state index is 12.3. The van der Waals surface area contributed by atoms with Crippen LogP contribution in [0.5, 0.6) is 0 Å². The Morgan fingerprint density at radius 1 is 1.45 bits per heavy atom. The predicted octanol–water partition coefficient (Wildman–Crippen LogP) is 2.13. The summed E-state index contributed by atoms with van der Waals surface area (Å²) < 4.78 is 26.0. The van der Waals surface area contributed by atoms with E-state index < -0.39 is 10.0 Å². The largest absolute Gasteiger partial charge is 0.389 e. The highest BCUT2D eigenvalue weighted by atomic mass is 32.2. The van der Waals surface area contributed by atoms with Gasteiger partial charge in [0.15, 0.2) is 0 Å². The summed E-state index contributed by atoms with van der Waals surface area (Å²) in [6.07, 6.45) is 0.955. The summed E-state index contributed by atoms with van der Waals surface area (Å²) in [4.78, 5) is 0.275. The molecule has 1 rings (SSSR count). The van der Waals surface area contributed by atoms with Crippen LogP contribution >= 0.6 is 12.2 Å². The summed E-state index contributed by atoms with van der Waals surface area (Å²) in [5.41, 5.74) is 6.95. The van der Waals surface area contributed by atoms with Crippen LogP contribution in [0.4, 0.5) is 0 Å². The Kier molecular flexibility index (Phi) is 6.10. The molecular weight excluding hydrogens is 292 g/mol. The van der Waals surface area contributed by atoms with Crippen molar-refractivity contribution in [1.29, 1.82) is 0 Å².